The Hall–Kier alpha value is -2.12. The van der Waals surface area contributed by atoms with Crippen LogP contribution >= 0.6 is 0 Å². The van der Waals surface area contributed by atoms with E-state index < -0.39 is 0 Å². The summed E-state index contributed by atoms with van der Waals surface area (Å²) in [5.74, 6) is 0.592. The van der Waals surface area contributed by atoms with Crippen LogP contribution in [0.5, 0.6) is 0 Å². The van der Waals surface area contributed by atoms with Crippen molar-refractivity contribution in [3.05, 3.63) is 35.9 Å². The minimum atomic E-state index is -0.347. The zero-order valence-electron chi connectivity index (χ0n) is 10.6. The SMILES string of the molecule is CC(C)(N)CNc1nc2ccccc2cc1C#N. The van der Waals surface area contributed by atoms with E-state index in [0.717, 1.165) is 10.9 Å². The van der Waals surface area contributed by atoms with E-state index >= 15 is 0 Å². The molecule has 92 valence electrons. The van der Waals surface area contributed by atoms with Gasteiger partial charge in [-0.3, -0.25) is 0 Å². The lowest BCUT2D eigenvalue weighted by molar-refractivity contribution is 0.548. The average molecular weight is 240 g/mol. The summed E-state index contributed by atoms with van der Waals surface area (Å²) >= 11 is 0. The normalized spacial score (nSPS) is 11.2. The monoisotopic (exact) mass is 240 g/mol. The number of hydrogen-bond acceptors (Lipinski definition) is 4. The highest BCUT2D eigenvalue weighted by molar-refractivity contribution is 5.82. The number of benzene rings is 1. The second-order valence-corrected chi connectivity index (χ2v) is 5.03. The standard InChI is InChI=1S/C14H16N4/c1-14(2,16)9-17-13-11(8-15)7-10-5-3-4-6-12(10)18-13/h3-7H,9,16H2,1-2H3,(H,17,18). The van der Waals surface area contributed by atoms with E-state index in [1.54, 1.807) is 0 Å². The summed E-state index contributed by atoms with van der Waals surface area (Å²) < 4.78 is 0. The molecule has 0 atom stereocenters. The van der Waals surface area contributed by atoms with Crippen molar-refractivity contribution in [3.63, 3.8) is 0 Å². The fourth-order valence-corrected chi connectivity index (χ4v) is 1.65. The Kier molecular flexibility index (Phi) is 3.17. The molecule has 0 amide bonds. The van der Waals surface area contributed by atoms with Crippen molar-refractivity contribution in [2.75, 3.05) is 11.9 Å². The van der Waals surface area contributed by atoms with Crippen molar-refractivity contribution in [1.82, 2.24) is 4.98 Å². The topological polar surface area (TPSA) is 74.7 Å². The largest absolute Gasteiger partial charge is 0.367 e. The van der Waals surface area contributed by atoms with Crippen LogP contribution < -0.4 is 11.1 Å². The lowest BCUT2D eigenvalue weighted by Gasteiger charge is -2.19. The molecule has 0 radical (unpaired) electrons. The van der Waals surface area contributed by atoms with Crippen molar-refractivity contribution in [1.29, 1.82) is 5.26 Å². The summed E-state index contributed by atoms with van der Waals surface area (Å²) in [5.41, 5.74) is 6.98. The van der Waals surface area contributed by atoms with Crippen LogP contribution in [0.3, 0.4) is 0 Å². The van der Waals surface area contributed by atoms with Crippen LogP contribution in [-0.4, -0.2) is 17.1 Å². The van der Waals surface area contributed by atoms with Gasteiger partial charge in [0.05, 0.1) is 11.1 Å². The van der Waals surface area contributed by atoms with Gasteiger partial charge >= 0.3 is 0 Å². The van der Waals surface area contributed by atoms with Crippen molar-refractivity contribution < 1.29 is 0 Å². The summed E-state index contributed by atoms with van der Waals surface area (Å²) in [5, 5.41) is 13.2. The molecule has 1 aromatic carbocycles. The Morgan fingerprint density at radius 3 is 2.78 bits per heavy atom. The molecular weight excluding hydrogens is 224 g/mol. The zero-order valence-corrected chi connectivity index (χ0v) is 10.6. The Morgan fingerprint density at radius 1 is 1.39 bits per heavy atom. The molecule has 0 aliphatic rings. The molecule has 0 bridgehead atoms. The predicted molar refractivity (Wildman–Crippen MR) is 73.2 cm³/mol. The van der Waals surface area contributed by atoms with Gasteiger partial charge in [0.25, 0.3) is 0 Å². The number of fused-ring (bicyclic) bond motifs is 1. The van der Waals surface area contributed by atoms with E-state index in [1.807, 2.05) is 44.2 Å². The summed E-state index contributed by atoms with van der Waals surface area (Å²) in [6.07, 6.45) is 0. The van der Waals surface area contributed by atoms with Gasteiger partial charge in [-0.15, -0.1) is 0 Å². The lowest BCUT2D eigenvalue weighted by Crippen LogP contribution is -2.39. The molecule has 1 heterocycles. The average Bonchev–Trinajstić information content (AvgIpc) is 2.34. The lowest BCUT2D eigenvalue weighted by atomic mass is 10.1. The number of nitriles is 1. The Bertz CT molecular complexity index is 605. The van der Waals surface area contributed by atoms with Crippen molar-refractivity contribution >= 4 is 16.7 Å². The second-order valence-electron chi connectivity index (χ2n) is 5.03. The molecule has 0 fully saturated rings. The molecule has 0 saturated heterocycles. The van der Waals surface area contributed by atoms with Gasteiger partial charge in [0, 0.05) is 17.5 Å². The fraction of sp³-hybridized carbons (Fsp3) is 0.286. The highest BCUT2D eigenvalue weighted by Gasteiger charge is 2.12. The quantitative estimate of drug-likeness (QED) is 0.863. The maximum absolute atomic E-state index is 9.15. The van der Waals surface area contributed by atoms with Crippen molar-refractivity contribution in [2.45, 2.75) is 19.4 Å². The zero-order chi connectivity index (χ0) is 13.2. The summed E-state index contributed by atoms with van der Waals surface area (Å²) in [6.45, 7) is 4.41. The third-order valence-electron chi connectivity index (χ3n) is 2.56. The van der Waals surface area contributed by atoms with Crippen LogP contribution in [0.25, 0.3) is 10.9 Å². The van der Waals surface area contributed by atoms with E-state index in [1.165, 1.54) is 0 Å². The minimum Gasteiger partial charge on any atom is -0.367 e. The smallest absolute Gasteiger partial charge is 0.144 e. The predicted octanol–water partition coefficient (Wildman–Crippen LogP) is 2.26. The van der Waals surface area contributed by atoms with Gasteiger partial charge in [0.15, 0.2) is 0 Å². The number of nitrogens with zero attached hydrogens (tertiary/aromatic N) is 2. The van der Waals surface area contributed by atoms with E-state index in [4.69, 9.17) is 11.0 Å². The minimum absolute atomic E-state index is 0.347. The third kappa shape index (κ3) is 2.76. The maximum Gasteiger partial charge on any atom is 0.144 e. The number of aromatic nitrogens is 1. The van der Waals surface area contributed by atoms with Crippen LogP contribution in [0.4, 0.5) is 5.82 Å². The molecule has 0 saturated carbocycles. The van der Waals surface area contributed by atoms with E-state index in [0.29, 0.717) is 17.9 Å². The summed E-state index contributed by atoms with van der Waals surface area (Å²) in [4.78, 5) is 4.46. The summed E-state index contributed by atoms with van der Waals surface area (Å²) in [7, 11) is 0. The molecule has 3 N–H and O–H groups in total. The molecule has 0 aliphatic carbocycles. The first-order valence-corrected chi connectivity index (χ1v) is 5.82. The van der Waals surface area contributed by atoms with Gasteiger partial charge in [0.1, 0.15) is 11.9 Å². The van der Waals surface area contributed by atoms with Crippen LogP contribution in [0, 0.1) is 11.3 Å². The van der Waals surface area contributed by atoms with Crippen molar-refractivity contribution in [3.8, 4) is 6.07 Å². The number of anilines is 1. The fourth-order valence-electron chi connectivity index (χ4n) is 1.65. The molecule has 0 spiro atoms. The molecule has 4 nitrogen and oxygen atoms in total. The molecule has 0 aliphatic heterocycles. The van der Waals surface area contributed by atoms with Gasteiger partial charge in [-0.2, -0.15) is 5.26 Å². The molecule has 2 rings (SSSR count). The van der Waals surface area contributed by atoms with Gasteiger partial charge < -0.3 is 11.1 Å². The van der Waals surface area contributed by atoms with E-state index in [2.05, 4.69) is 16.4 Å². The molecular formula is C14H16N4. The third-order valence-corrected chi connectivity index (χ3v) is 2.56. The Labute approximate surface area is 106 Å². The molecule has 2 aromatic rings. The number of nitrogens with two attached hydrogens (primary N) is 1. The van der Waals surface area contributed by atoms with Crippen molar-refractivity contribution in [2.24, 2.45) is 5.73 Å². The van der Waals surface area contributed by atoms with Gasteiger partial charge in [0.2, 0.25) is 0 Å². The van der Waals surface area contributed by atoms with Crippen LogP contribution in [-0.2, 0) is 0 Å². The molecule has 0 unspecified atom stereocenters. The number of para-hydroxylation sites is 1. The second kappa shape index (κ2) is 4.63. The van der Waals surface area contributed by atoms with Gasteiger partial charge in [-0.1, -0.05) is 18.2 Å². The molecule has 4 heteroatoms. The Balaban J connectivity index is 2.40. The maximum atomic E-state index is 9.15. The highest BCUT2D eigenvalue weighted by Crippen LogP contribution is 2.20. The number of hydrogen-bond donors (Lipinski definition) is 2. The summed E-state index contributed by atoms with van der Waals surface area (Å²) in [6, 6.07) is 11.7. The first-order chi connectivity index (χ1) is 8.49. The van der Waals surface area contributed by atoms with Crippen LogP contribution in [0.15, 0.2) is 30.3 Å². The van der Waals surface area contributed by atoms with Crippen LogP contribution in [0.1, 0.15) is 19.4 Å². The van der Waals surface area contributed by atoms with E-state index in [9.17, 15) is 0 Å². The number of nitrogens with one attached hydrogen (secondary N) is 1. The van der Waals surface area contributed by atoms with Gasteiger partial charge in [-0.25, -0.2) is 4.98 Å². The van der Waals surface area contributed by atoms with E-state index in [-0.39, 0.29) is 5.54 Å². The molecule has 1 aromatic heterocycles. The highest BCUT2D eigenvalue weighted by atomic mass is 15.0. The first-order valence-electron chi connectivity index (χ1n) is 5.82. The first kappa shape index (κ1) is 12.3. The van der Waals surface area contributed by atoms with Gasteiger partial charge in [-0.05, 0) is 26.0 Å². The molecule has 18 heavy (non-hydrogen) atoms. The number of pyridine rings is 1. The Morgan fingerprint density at radius 2 is 2.11 bits per heavy atom. The number of rotatable bonds is 3. The van der Waals surface area contributed by atoms with Crippen LogP contribution in [0.2, 0.25) is 0 Å².